The lowest BCUT2D eigenvalue weighted by Crippen LogP contribution is -2.52. The molecule has 0 radical (unpaired) electrons. The van der Waals surface area contributed by atoms with Gasteiger partial charge in [-0.05, 0) is 62.1 Å². The van der Waals surface area contributed by atoms with E-state index in [0.717, 1.165) is 35.7 Å². The van der Waals surface area contributed by atoms with E-state index < -0.39 is 6.04 Å². The molecule has 8 heteroatoms. The van der Waals surface area contributed by atoms with Gasteiger partial charge in [0.25, 0.3) is 5.91 Å². The van der Waals surface area contributed by atoms with Crippen LogP contribution in [0.15, 0.2) is 40.9 Å². The van der Waals surface area contributed by atoms with Crippen molar-refractivity contribution in [1.82, 2.24) is 10.2 Å². The Morgan fingerprint density at radius 1 is 1.18 bits per heavy atom. The molecular formula is C25H29BrCl2N2O3. The van der Waals surface area contributed by atoms with E-state index in [1.54, 1.807) is 24.3 Å². The monoisotopic (exact) mass is 554 g/mol. The molecule has 1 fully saturated rings. The van der Waals surface area contributed by atoms with Crippen LogP contribution in [-0.2, 0) is 16.1 Å². The maximum Gasteiger partial charge on any atom is 0.261 e. The SMILES string of the molecule is CC[C@@H](C(=O)NC1CCCC1)N(Cc1c(Cl)cccc1Cl)C(=O)COc1ccc(Br)c(C)c1. The van der Waals surface area contributed by atoms with Crippen LogP contribution >= 0.6 is 39.1 Å². The first-order valence-corrected chi connectivity index (χ1v) is 12.8. The highest BCUT2D eigenvalue weighted by Gasteiger charge is 2.31. The van der Waals surface area contributed by atoms with E-state index in [9.17, 15) is 9.59 Å². The summed E-state index contributed by atoms with van der Waals surface area (Å²) in [6.45, 7) is 3.77. The molecule has 1 aliphatic carbocycles. The van der Waals surface area contributed by atoms with E-state index in [1.165, 1.54) is 4.90 Å². The third kappa shape index (κ3) is 6.87. The van der Waals surface area contributed by atoms with Crippen molar-refractivity contribution in [3.63, 3.8) is 0 Å². The number of rotatable bonds is 9. The van der Waals surface area contributed by atoms with Gasteiger partial charge in [-0.2, -0.15) is 0 Å². The molecule has 1 saturated carbocycles. The van der Waals surface area contributed by atoms with Crippen molar-refractivity contribution < 1.29 is 14.3 Å². The smallest absolute Gasteiger partial charge is 0.261 e. The Bertz CT molecular complexity index is 975. The van der Waals surface area contributed by atoms with Gasteiger partial charge < -0.3 is 15.0 Å². The van der Waals surface area contributed by atoms with Crippen LogP contribution in [0, 0.1) is 6.92 Å². The summed E-state index contributed by atoms with van der Waals surface area (Å²) in [5.74, 6) is 0.128. The second-order valence-electron chi connectivity index (χ2n) is 8.34. The number of carbonyl (C=O) groups is 2. The Labute approximate surface area is 213 Å². The van der Waals surface area contributed by atoms with Crippen molar-refractivity contribution >= 4 is 50.9 Å². The van der Waals surface area contributed by atoms with Gasteiger partial charge in [-0.25, -0.2) is 0 Å². The topological polar surface area (TPSA) is 58.6 Å². The molecule has 2 amide bonds. The van der Waals surface area contributed by atoms with E-state index in [-0.39, 0.29) is 31.0 Å². The molecule has 0 bridgehead atoms. The molecule has 2 aromatic carbocycles. The summed E-state index contributed by atoms with van der Waals surface area (Å²) >= 11 is 16.2. The average Bonchev–Trinajstić information content (AvgIpc) is 3.29. The van der Waals surface area contributed by atoms with Crippen molar-refractivity contribution in [2.45, 2.75) is 64.6 Å². The molecule has 33 heavy (non-hydrogen) atoms. The predicted molar refractivity (Wildman–Crippen MR) is 136 cm³/mol. The summed E-state index contributed by atoms with van der Waals surface area (Å²) in [5.41, 5.74) is 1.61. The number of hydrogen-bond acceptors (Lipinski definition) is 3. The summed E-state index contributed by atoms with van der Waals surface area (Å²) in [7, 11) is 0. The highest BCUT2D eigenvalue weighted by atomic mass is 79.9. The molecule has 1 N–H and O–H groups in total. The van der Waals surface area contributed by atoms with Gasteiger partial charge in [0.1, 0.15) is 11.8 Å². The van der Waals surface area contributed by atoms with Crippen molar-refractivity contribution in [3.8, 4) is 5.75 Å². The molecule has 2 aromatic rings. The number of halogens is 3. The fourth-order valence-electron chi connectivity index (χ4n) is 4.08. The van der Waals surface area contributed by atoms with E-state index in [0.29, 0.717) is 27.8 Å². The van der Waals surface area contributed by atoms with Gasteiger partial charge >= 0.3 is 0 Å². The summed E-state index contributed by atoms with van der Waals surface area (Å²) in [6.07, 6.45) is 4.63. The summed E-state index contributed by atoms with van der Waals surface area (Å²) in [6, 6.07) is 10.2. The number of hydrogen-bond donors (Lipinski definition) is 1. The molecule has 0 spiro atoms. The molecule has 178 valence electrons. The van der Waals surface area contributed by atoms with Gasteiger partial charge in [0.15, 0.2) is 6.61 Å². The lowest BCUT2D eigenvalue weighted by Gasteiger charge is -2.32. The van der Waals surface area contributed by atoms with Crippen LogP contribution in [0.4, 0.5) is 0 Å². The number of benzene rings is 2. The Hall–Kier alpha value is -1.76. The normalized spacial score (nSPS) is 14.7. The minimum Gasteiger partial charge on any atom is -0.484 e. The molecule has 5 nitrogen and oxygen atoms in total. The van der Waals surface area contributed by atoms with Crippen LogP contribution in [0.1, 0.15) is 50.2 Å². The first-order chi connectivity index (χ1) is 15.8. The van der Waals surface area contributed by atoms with Gasteiger partial charge in [-0.15, -0.1) is 0 Å². The fraction of sp³-hybridized carbons (Fsp3) is 0.440. The number of amides is 2. The first-order valence-electron chi connectivity index (χ1n) is 11.2. The van der Waals surface area contributed by atoms with Gasteiger partial charge in [-0.3, -0.25) is 9.59 Å². The Kier molecular flexibility index (Phi) is 9.47. The number of carbonyl (C=O) groups excluding carboxylic acids is 2. The van der Waals surface area contributed by atoms with Crippen LogP contribution in [0.3, 0.4) is 0 Å². The van der Waals surface area contributed by atoms with Gasteiger partial charge in [0.05, 0.1) is 0 Å². The fourth-order valence-corrected chi connectivity index (χ4v) is 4.84. The van der Waals surface area contributed by atoms with Crippen LogP contribution in [0.2, 0.25) is 10.0 Å². The maximum atomic E-state index is 13.4. The van der Waals surface area contributed by atoms with Crippen molar-refractivity contribution in [2.24, 2.45) is 0 Å². The standard InChI is InChI=1S/C25H29BrCl2N2O3/c1-3-23(25(32)29-17-7-4-5-8-17)30(14-19-21(27)9-6-10-22(19)28)24(31)15-33-18-11-12-20(26)16(2)13-18/h6,9-13,17,23H,3-5,7-8,14-15H2,1-2H3,(H,29,32)/t23-/m0/s1. The molecule has 1 aliphatic rings. The van der Waals surface area contributed by atoms with Gasteiger partial charge in [-0.1, -0.05) is 65.0 Å². The number of nitrogens with zero attached hydrogens (tertiary/aromatic N) is 1. The first kappa shape index (κ1) is 25.9. The minimum atomic E-state index is -0.652. The van der Waals surface area contributed by atoms with Gasteiger partial charge in [0, 0.05) is 32.7 Å². The van der Waals surface area contributed by atoms with E-state index in [4.69, 9.17) is 27.9 Å². The lowest BCUT2D eigenvalue weighted by molar-refractivity contribution is -0.143. The van der Waals surface area contributed by atoms with Crippen LogP contribution in [0.5, 0.6) is 5.75 Å². The van der Waals surface area contributed by atoms with E-state index in [2.05, 4.69) is 21.2 Å². The second-order valence-corrected chi connectivity index (χ2v) is 10.0. The predicted octanol–water partition coefficient (Wildman–Crippen LogP) is 6.31. The molecule has 0 heterocycles. The molecule has 0 aliphatic heterocycles. The number of ether oxygens (including phenoxy) is 1. The second kappa shape index (κ2) is 12.1. The Balaban J connectivity index is 1.81. The van der Waals surface area contributed by atoms with E-state index >= 15 is 0 Å². The largest absolute Gasteiger partial charge is 0.484 e. The summed E-state index contributed by atoms with van der Waals surface area (Å²) in [5, 5.41) is 4.03. The minimum absolute atomic E-state index is 0.122. The summed E-state index contributed by atoms with van der Waals surface area (Å²) in [4.78, 5) is 28.1. The molecule has 3 rings (SSSR count). The third-order valence-electron chi connectivity index (χ3n) is 5.97. The quantitative estimate of drug-likeness (QED) is 0.394. The molecule has 1 atom stereocenters. The zero-order valence-corrected chi connectivity index (χ0v) is 22.0. The zero-order chi connectivity index (χ0) is 24.0. The van der Waals surface area contributed by atoms with Crippen LogP contribution in [0.25, 0.3) is 0 Å². The Morgan fingerprint density at radius 3 is 2.45 bits per heavy atom. The zero-order valence-electron chi connectivity index (χ0n) is 18.9. The number of nitrogens with one attached hydrogen (secondary N) is 1. The summed E-state index contributed by atoms with van der Waals surface area (Å²) < 4.78 is 6.74. The van der Waals surface area contributed by atoms with Crippen LogP contribution < -0.4 is 10.1 Å². The number of aryl methyl sites for hydroxylation is 1. The average molecular weight is 556 g/mol. The molecule has 0 unspecified atom stereocenters. The highest BCUT2D eigenvalue weighted by molar-refractivity contribution is 9.10. The van der Waals surface area contributed by atoms with Crippen molar-refractivity contribution in [2.75, 3.05) is 6.61 Å². The van der Waals surface area contributed by atoms with Gasteiger partial charge in [0.2, 0.25) is 5.91 Å². The third-order valence-corrected chi connectivity index (χ3v) is 7.57. The van der Waals surface area contributed by atoms with Crippen LogP contribution in [-0.4, -0.2) is 35.4 Å². The highest BCUT2D eigenvalue weighted by Crippen LogP contribution is 2.28. The molecular weight excluding hydrogens is 527 g/mol. The lowest BCUT2D eigenvalue weighted by atomic mass is 10.1. The van der Waals surface area contributed by atoms with Crippen molar-refractivity contribution in [1.29, 1.82) is 0 Å². The Morgan fingerprint density at radius 2 is 1.85 bits per heavy atom. The molecule has 0 saturated heterocycles. The maximum absolute atomic E-state index is 13.4. The van der Waals surface area contributed by atoms with Crippen molar-refractivity contribution in [3.05, 3.63) is 62.0 Å². The van der Waals surface area contributed by atoms with E-state index in [1.807, 2.05) is 26.0 Å². The molecule has 0 aromatic heterocycles.